The van der Waals surface area contributed by atoms with Crippen LogP contribution in [0.25, 0.3) is 28.5 Å². The molecule has 1 aromatic carbocycles. The topological polar surface area (TPSA) is 95.4 Å². The van der Waals surface area contributed by atoms with Crippen LogP contribution in [0.3, 0.4) is 0 Å². The molecule has 0 fully saturated rings. The third-order valence-electron chi connectivity index (χ3n) is 3.07. The molecule has 0 spiro atoms. The van der Waals surface area contributed by atoms with Crippen molar-refractivity contribution in [1.29, 1.82) is 0 Å². The van der Waals surface area contributed by atoms with Crippen molar-refractivity contribution in [1.82, 2.24) is 35.3 Å². The summed E-state index contributed by atoms with van der Waals surface area (Å²) in [6.07, 6.45) is 4.89. The molecule has 0 aliphatic rings. The Kier molecular flexibility index (Phi) is 2.90. The van der Waals surface area contributed by atoms with Crippen molar-refractivity contribution in [2.24, 2.45) is 0 Å². The fourth-order valence-corrected chi connectivity index (χ4v) is 2.02. The number of benzene rings is 1. The second-order valence-corrected chi connectivity index (χ2v) is 4.46. The molecule has 3 heterocycles. The summed E-state index contributed by atoms with van der Waals surface area (Å²) in [4.78, 5) is 8.37. The van der Waals surface area contributed by atoms with Crippen molar-refractivity contribution in [2.75, 3.05) is 0 Å². The van der Waals surface area contributed by atoms with Crippen LogP contribution in [-0.4, -0.2) is 35.3 Å². The zero-order chi connectivity index (χ0) is 14.8. The summed E-state index contributed by atoms with van der Waals surface area (Å²) in [6, 6.07) is 11.2. The Morgan fingerprint density at radius 1 is 1.00 bits per heavy atom. The first-order valence-corrected chi connectivity index (χ1v) is 6.48. The van der Waals surface area contributed by atoms with Crippen molar-refractivity contribution in [3.63, 3.8) is 0 Å². The lowest BCUT2D eigenvalue weighted by atomic mass is 10.2. The van der Waals surface area contributed by atoms with E-state index in [-0.39, 0.29) is 0 Å². The van der Waals surface area contributed by atoms with Crippen LogP contribution in [0, 0.1) is 0 Å². The van der Waals surface area contributed by atoms with Gasteiger partial charge in [0.15, 0.2) is 0 Å². The zero-order valence-electron chi connectivity index (χ0n) is 11.2. The Morgan fingerprint density at radius 2 is 1.91 bits per heavy atom. The van der Waals surface area contributed by atoms with Crippen LogP contribution in [0.1, 0.15) is 0 Å². The Balaban J connectivity index is 1.71. The molecule has 0 aliphatic carbocycles. The van der Waals surface area contributed by atoms with Gasteiger partial charge >= 0.3 is 0 Å². The van der Waals surface area contributed by atoms with E-state index in [1.54, 1.807) is 17.1 Å². The van der Waals surface area contributed by atoms with Crippen LogP contribution >= 0.6 is 0 Å². The first kappa shape index (κ1) is 12.3. The Bertz CT molecular complexity index is 886. The SMILES string of the molecule is c1cc(-c2nc(-c3ccncc3)no2)cc(-n2cnnn2)c1. The van der Waals surface area contributed by atoms with Crippen molar-refractivity contribution in [2.45, 2.75) is 0 Å². The second-order valence-electron chi connectivity index (χ2n) is 4.46. The molecule has 4 rings (SSSR count). The minimum atomic E-state index is 0.432. The molecule has 0 atom stereocenters. The summed E-state index contributed by atoms with van der Waals surface area (Å²) in [5.41, 5.74) is 2.45. The van der Waals surface area contributed by atoms with Gasteiger partial charge in [0.2, 0.25) is 5.82 Å². The van der Waals surface area contributed by atoms with Gasteiger partial charge in [0.25, 0.3) is 5.89 Å². The molecule has 0 N–H and O–H groups in total. The largest absolute Gasteiger partial charge is 0.334 e. The molecule has 8 heteroatoms. The predicted octanol–water partition coefficient (Wildman–Crippen LogP) is 1.77. The van der Waals surface area contributed by atoms with E-state index in [0.717, 1.165) is 16.8 Å². The van der Waals surface area contributed by atoms with Crippen LogP contribution in [0.2, 0.25) is 0 Å². The molecule has 0 aliphatic heterocycles. The maximum absolute atomic E-state index is 5.34. The van der Waals surface area contributed by atoms with Crippen molar-refractivity contribution >= 4 is 0 Å². The highest BCUT2D eigenvalue weighted by Gasteiger charge is 2.11. The van der Waals surface area contributed by atoms with Crippen LogP contribution < -0.4 is 0 Å². The molecular weight excluding hydrogens is 282 g/mol. The predicted molar refractivity (Wildman–Crippen MR) is 75.7 cm³/mol. The summed E-state index contributed by atoms with van der Waals surface area (Å²) >= 11 is 0. The van der Waals surface area contributed by atoms with Gasteiger partial charge in [-0.3, -0.25) is 4.98 Å². The quantitative estimate of drug-likeness (QED) is 0.567. The van der Waals surface area contributed by atoms with Gasteiger partial charge in [0.1, 0.15) is 6.33 Å². The van der Waals surface area contributed by atoms with Gasteiger partial charge in [0.05, 0.1) is 5.69 Å². The Hall–Kier alpha value is -3.42. The fourth-order valence-electron chi connectivity index (χ4n) is 2.02. The molecule has 0 unspecified atom stereocenters. The highest BCUT2D eigenvalue weighted by Crippen LogP contribution is 2.23. The molecule has 3 aromatic heterocycles. The van der Waals surface area contributed by atoms with Gasteiger partial charge < -0.3 is 4.52 Å². The van der Waals surface area contributed by atoms with Gasteiger partial charge in [-0.2, -0.15) is 4.98 Å². The Morgan fingerprint density at radius 3 is 2.73 bits per heavy atom. The van der Waals surface area contributed by atoms with E-state index in [1.165, 1.54) is 6.33 Å². The van der Waals surface area contributed by atoms with E-state index < -0.39 is 0 Å². The molecule has 4 aromatic rings. The monoisotopic (exact) mass is 291 g/mol. The standard InChI is InChI=1S/C14H9N7O/c1-2-11(8-12(3-1)21-9-16-19-20-21)14-17-13(18-22-14)10-4-6-15-7-5-10/h1-9H. The smallest absolute Gasteiger partial charge is 0.258 e. The van der Waals surface area contributed by atoms with E-state index in [2.05, 4.69) is 30.7 Å². The first-order chi connectivity index (χ1) is 10.9. The van der Waals surface area contributed by atoms with Gasteiger partial charge in [-0.25, -0.2) is 4.68 Å². The zero-order valence-corrected chi connectivity index (χ0v) is 11.2. The highest BCUT2D eigenvalue weighted by molar-refractivity contribution is 5.61. The normalized spacial score (nSPS) is 10.7. The van der Waals surface area contributed by atoms with E-state index in [4.69, 9.17) is 4.52 Å². The highest BCUT2D eigenvalue weighted by atomic mass is 16.5. The number of pyridine rings is 1. The van der Waals surface area contributed by atoms with E-state index in [0.29, 0.717) is 11.7 Å². The molecule has 0 bridgehead atoms. The number of rotatable bonds is 3. The summed E-state index contributed by atoms with van der Waals surface area (Å²) in [5, 5.41) is 15.1. The van der Waals surface area contributed by atoms with Gasteiger partial charge in [-0.15, -0.1) is 5.10 Å². The van der Waals surface area contributed by atoms with E-state index in [1.807, 2.05) is 36.4 Å². The molecule has 106 valence electrons. The number of hydrogen-bond acceptors (Lipinski definition) is 7. The van der Waals surface area contributed by atoms with E-state index in [9.17, 15) is 0 Å². The van der Waals surface area contributed by atoms with E-state index >= 15 is 0 Å². The molecule has 8 nitrogen and oxygen atoms in total. The summed E-state index contributed by atoms with van der Waals surface area (Å²) in [5.74, 6) is 0.951. The van der Waals surface area contributed by atoms with Crippen LogP contribution in [0.4, 0.5) is 0 Å². The summed E-state index contributed by atoms with van der Waals surface area (Å²) < 4.78 is 6.89. The third-order valence-corrected chi connectivity index (χ3v) is 3.07. The molecule has 0 saturated heterocycles. The van der Waals surface area contributed by atoms with Crippen molar-refractivity contribution in [3.8, 4) is 28.5 Å². The van der Waals surface area contributed by atoms with Gasteiger partial charge in [-0.1, -0.05) is 11.2 Å². The average Bonchev–Trinajstić information content (AvgIpc) is 3.28. The van der Waals surface area contributed by atoms with Gasteiger partial charge in [-0.05, 0) is 40.8 Å². The maximum atomic E-state index is 5.34. The minimum Gasteiger partial charge on any atom is -0.334 e. The molecule has 0 amide bonds. The van der Waals surface area contributed by atoms with Crippen molar-refractivity contribution < 1.29 is 4.52 Å². The number of aromatic nitrogens is 7. The van der Waals surface area contributed by atoms with Crippen LogP contribution in [-0.2, 0) is 0 Å². The molecule has 0 saturated carbocycles. The minimum absolute atomic E-state index is 0.432. The molecule has 0 radical (unpaired) electrons. The lowest BCUT2D eigenvalue weighted by Crippen LogP contribution is -1.95. The number of nitrogens with zero attached hydrogens (tertiary/aromatic N) is 7. The lowest BCUT2D eigenvalue weighted by molar-refractivity contribution is 0.432. The van der Waals surface area contributed by atoms with Gasteiger partial charge in [0, 0.05) is 23.5 Å². The third kappa shape index (κ3) is 2.22. The fraction of sp³-hybridized carbons (Fsp3) is 0. The molecular formula is C14H9N7O. The van der Waals surface area contributed by atoms with Crippen LogP contribution in [0.5, 0.6) is 0 Å². The first-order valence-electron chi connectivity index (χ1n) is 6.48. The lowest BCUT2D eigenvalue weighted by Gasteiger charge is -2.00. The number of tetrazole rings is 1. The average molecular weight is 291 g/mol. The second kappa shape index (κ2) is 5.17. The van der Waals surface area contributed by atoms with Crippen LogP contribution in [0.15, 0.2) is 59.6 Å². The maximum Gasteiger partial charge on any atom is 0.258 e. The summed E-state index contributed by atoms with van der Waals surface area (Å²) in [6.45, 7) is 0. The Labute approximate surface area is 124 Å². The molecule has 22 heavy (non-hydrogen) atoms. The van der Waals surface area contributed by atoms with Crippen molar-refractivity contribution in [3.05, 3.63) is 55.1 Å². The summed E-state index contributed by atoms with van der Waals surface area (Å²) in [7, 11) is 0. The number of hydrogen-bond donors (Lipinski definition) is 0.